The number of ether oxygens (including phenoxy) is 1. The van der Waals surface area contributed by atoms with Crippen molar-refractivity contribution in [1.82, 2.24) is 0 Å². The van der Waals surface area contributed by atoms with E-state index in [1.54, 1.807) is 6.07 Å². The van der Waals surface area contributed by atoms with Crippen LogP contribution >= 0.6 is 27.5 Å². The minimum absolute atomic E-state index is 0.0678. The minimum Gasteiger partial charge on any atom is -0.486 e. The smallest absolute Gasteiger partial charge is 0.175 e. The number of alkyl halides is 1. The van der Waals surface area contributed by atoms with Crippen molar-refractivity contribution in [3.63, 3.8) is 0 Å². The Labute approximate surface area is 115 Å². The Hall–Kier alpha value is -0.540. The molecule has 0 aliphatic heterocycles. The molecular formula is C13H16BrClO2. The number of ketones is 1. The van der Waals surface area contributed by atoms with E-state index >= 15 is 0 Å². The molecule has 0 radical (unpaired) electrons. The lowest BCUT2D eigenvalue weighted by molar-refractivity contribution is -0.128. The summed E-state index contributed by atoms with van der Waals surface area (Å²) in [5, 5.41) is 1.34. The topological polar surface area (TPSA) is 26.3 Å². The van der Waals surface area contributed by atoms with Gasteiger partial charge in [0.2, 0.25) is 0 Å². The number of carbonyl (C=O) groups excluding carboxylic acids is 1. The van der Waals surface area contributed by atoms with E-state index in [4.69, 9.17) is 16.3 Å². The Morgan fingerprint density at radius 1 is 1.41 bits per heavy atom. The zero-order valence-electron chi connectivity index (χ0n) is 10.2. The number of benzene rings is 1. The maximum absolute atomic E-state index is 11.7. The van der Waals surface area contributed by atoms with Crippen LogP contribution in [0, 0.1) is 5.41 Å². The van der Waals surface area contributed by atoms with Crippen LogP contribution in [0.4, 0.5) is 0 Å². The van der Waals surface area contributed by atoms with Gasteiger partial charge in [-0.1, -0.05) is 54.4 Å². The van der Waals surface area contributed by atoms with Gasteiger partial charge in [-0.3, -0.25) is 4.79 Å². The summed E-state index contributed by atoms with van der Waals surface area (Å²) < 4.78 is 5.43. The van der Waals surface area contributed by atoms with Gasteiger partial charge in [-0.2, -0.15) is 0 Å². The number of hydrogen-bond acceptors (Lipinski definition) is 2. The van der Waals surface area contributed by atoms with Gasteiger partial charge in [0.1, 0.15) is 12.4 Å². The minimum atomic E-state index is -0.375. The van der Waals surface area contributed by atoms with Crippen molar-refractivity contribution in [2.45, 2.75) is 26.1 Å². The molecule has 1 aromatic carbocycles. The molecule has 0 aliphatic carbocycles. The number of carbonyl (C=O) groups is 1. The Morgan fingerprint density at radius 2 is 2.06 bits per heavy atom. The van der Waals surface area contributed by atoms with Crippen molar-refractivity contribution < 1.29 is 9.53 Å². The Balaban J connectivity index is 2.65. The van der Waals surface area contributed by atoms with Crippen LogP contribution in [-0.4, -0.2) is 12.4 Å². The highest BCUT2D eigenvalue weighted by atomic mass is 79.9. The average Bonchev–Trinajstić information content (AvgIpc) is 2.24. The summed E-state index contributed by atoms with van der Waals surface area (Å²) in [5.41, 5.74) is 0.626. The van der Waals surface area contributed by atoms with E-state index in [2.05, 4.69) is 15.9 Å². The van der Waals surface area contributed by atoms with Crippen molar-refractivity contribution in [3.05, 3.63) is 28.8 Å². The lowest BCUT2D eigenvalue weighted by atomic mass is 9.91. The van der Waals surface area contributed by atoms with Crippen molar-refractivity contribution in [2.24, 2.45) is 5.41 Å². The summed E-state index contributed by atoms with van der Waals surface area (Å²) in [6.07, 6.45) is 0. The SMILES string of the molecule is CC(C)(C)C(=O)COc1ccc(CBr)c(Cl)c1. The molecule has 1 rings (SSSR count). The zero-order chi connectivity index (χ0) is 13.1. The summed E-state index contributed by atoms with van der Waals surface area (Å²) in [6.45, 7) is 5.70. The van der Waals surface area contributed by atoms with Crippen LogP contribution in [0.1, 0.15) is 26.3 Å². The van der Waals surface area contributed by atoms with Crippen molar-refractivity contribution in [1.29, 1.82) is 0 Å². The van der Waals surface area contributed by atoms with Crippen molar-refractivity contribution in [2.75, 3.05) is 6.61 Å². The fraction of sp³-hybridized carbons (Fsp3) is 0.462. The molecule has 0 N–H and O–H groups in total. The molecule has 94 valence electrons. The molecule has 0 aromatic heterocycles. The summed E-state index contributed by atoms with van der Waals surface area (Å²) in [5.74, 6) is 0.690. The van der Waals surface area contributed by atoms with Gasteiger partial charge in [0, 0.05) is 15.8 Å². The van der Waals surface area contributed by atoms with Crippen LogP contribution in [0.2, 0.25) is 5.02 Å². The van der Waals surface area contributed by atoms with Gasteiger partial charge in [0.15, 0.2) is 5.78 Å². The van der Waals surface area contributed by atoms with Crippen molar-refractivity contribution in [3.8, 4) is 5.75 Å². The van der Waals surface area contributed by atoms with Gasteiger partial charge < -0.3 is 4.74 Å². The fourth-order valence-electron chi connectivity index (χ4n) is 1.09. The second kappa shape index (κ2) is 5.87. The molecule has 0 heterocycles. The molecule has 0 bridgehead atoms. The molecule has 0 fully saturated rings. The van der Waals surface area contributed by atoms with Crippen LogP contribution in [0.5, 0.6) is 5.75 Å². The van der Waals surface area contributed by atoms with Crippen molar-refractivity contribution >= 4 is 33.3 Å². The Morgan fingerprint density at radius 3 is 2.53 bits per heavy atom. The summed E-state index contributed by atoms with van der Waals surface area (Å²) in [4.78, 5) is 11.7. The maximum Gasteiger partial charge on any atom is 0.175 e. The standard InChI is InChI=1S/C13H16BrClO2/c1-13(2,3)12(16)8-17-10-5-4-9(7-14)11(15)6-10/h4-6H,7-8H2,1-3H3. The van der Waals surface area contributed by atoms with Crippen LogP contribution in [0.25, 0.3) is 0 Å². The zero-order valence-corrected chi connectivity index (χ0v) is 12.6. The molecule has 0 spiro atoms. The average molecular weight is 320 g/mol. The van der Waals surface area contributed by atoms with Crippen LogP contribution in [-0.2, 0) is 10.1 Å². The molecule has 4 heteroatoms. The van der Waals surface area contributed by atoms with E-state index in [9.17, 15) is 4.79 Å². The third kappa shape index (κ3) is 4.32. The first-order valence-corrected chi connectivity index (χ1v) is 6.85. The third-order valence-electron chi connectivity index (χ3n) is 2.37. The number of halogens is 2. The van der Waals surface area contributed by atoms with Gasteiger partial charge in [-0.15, -0.1) is 0 Å². The van der Waals surface area contributed by atoms with Gasteiger partial charge in [-0.05, 0) is 17.7 Å². The Bertz CT molecular complexity index is 410. The molecule has 1 aromatic rings. The second-order valence-corrected chi connectivity index (χ2v) is 5.82. The van der Waals surface area contributed by atoms with E-state index in [1.807, 2.05) is 32.9 Å². The lowest BCUT2D eigenvalue weighted by Crippen LogP contribution is -2.26. The van der Waals surface area contributed by atoms with E-state index in [0.29, 0.717) is 16.1 Å². The fourth-order valence-corrected chi connectivity index (χ4v) is 1.98. The van der Waals surface area contributed by atoms with E-state index in [1.165, 1.54) is 0 Å². The highest BCUT2D eigenvalue weighted by Crippen LogP contribution is 2.24. The number of rotatable bonds is 4. The maximum atomic E-state index is 11.7. The lowest BCUT2D eigenvalue weighted by Gasteiger charge is -2.17. The van der Waals surface area contributed by atoms with E-state index in [-0.39, 0.29) is 17.8 Å². The first-order valence-electron chi connectivity index (χ1n) is 5.35. The summed E-state index contributed by atoms with van der Waals surface area (Å²) in [7, 11) is 0. The third-order valence-corrected chi connectivity index (χ3v) is 3.33. The highest BCUT2D eigenvalue weighted by molar-refractivity contribution is 9.08. The predicted octanol–water partition coefficient (Wildman–Crippen LogP) is 4.23. The van der Waals surface area contributed by atoms with Gasteiger partial charge in [0.05, 0.1) is 0 Å². The molecule has 0 aliphatic rings. The van der Waals surface area contributed by atoms with Gasteiger partial charge >= 0.3 is 0 Å². The first-order chi connectivity index (χ1) is 7.84. The monoisotopic (exact) mass is 318 g/mol. The van der Waals surface area contributed by atoms with Gasteiger partial charge in [0.25, 0.3) is 0 Å². The van der Waals surface area contributed by atoms with E-state index in [0.717, 1.165) is 5.56 Å². The van der Waals surface area contributed by atoms with Crippen LogP contribution in [0.15, 0.2) is 18.2 Å². The normalized spacial score (nSPS) is 11.4. The van der Waals surface area contributed by atoms with Gasteiger partial charge in [-0.25, -0.2) is 0 Å². The molecule has 0 saturated heterocycles. The molecular weight excluding hydrogens is 303 g/mol. The molecule has 2 nitrogen and oxygen atoms in total. The summed E-state index contributed by atoms with van der Waals surface area (Å²) in [6, 6.07) is 5.43. The van der Waals surface area contributed by atoms with E-state index < -0.39 is 0 Å². The predicted molar refractivity (Wildman–Crippen MR) is 74.0 cm³/mol. The molecule has 0 unspecified atom stereocenters. The number of Topliss-reactive ketones (excluding diaryl/α,β-unsaturated/α-hetero) is 1. The number of hydrogen-bond donors (Lipinski definition) is 0. The van der Waals surface area contributed by atoms with Crippen LogP contribution < -0.4 is 4.74 Å². The highest BCUT2D eigenvalue weighted by Gasteiger charge is 2.21. The summed E-state index contributed by atoms with van der Waals surface area (Å²) >= 11 is 9.38. The Kier molecular flexibility index (Phi) is 5.02. The molecule has 17 heavy (non-hydrogen) atoms. The molecule has 0 amide bonds. The molecule has 0 saturated carbocycles. The second-order valence-electron chi connectivity index (χ2n) is 4.85. The largest absolute Gasteiger partial charge is 0.486 e. The molecule has 0 atom stereocenters. The quantitative estimate of drug-likeness (QED) is 0.776. The first kappa shape index (κ1) is 14.5. The van der Waals surface area contributed by atoms with Crippen LogP contribution in [0.3, 0.4) is 0 Å².